The van der Waals surface area contributed by atoms with Gasteiger partial charge in [-0.15, -0.1) is 0 Å². The molecule has 1 saturated heterocycles. The fourth-order valence-electron chi connectivity index (χ4n) is 4.12. The molecule has 5 nitrogen and oxygen atoms in total. The highest BCUT2D eigenvalue weighted by molar-refractivity contribution is 5.87. The van der Waals surface area contributed by atoms with Crippen LogP contribution in [0.15, 0.2) is 12.2 Å². The van der Waals surface area contributed by atoms with E-state index >= 15 is 0 Å². The second-order valence-corrected chi connectivity index (χ2v) is 6.31. The summed E-state index contributed by atoms with van der Waals surface area (Å²) in [6.07, 6.45) is 6.61. The molecule has 2 aliphatic carbocycles. The van der Waals surface area contributed by atoms with E-state index in [0.29, 0.717) is 13.1 Å². The number of carbonyl (C=O) groups is 2. The average Bonchev–Trinajstić information content (AvgIpc) is 3.07. The van der Waals surface area contributed by atoms with Crippen LogP contribution in [0.25, 0.3) is 0 Å². The number of carboxylic acids is 1. The molecule has 0 radical (unpaired) electrons. The average molecular weight is 279 g/mol. The van der Waals surface area contributed by atoms with Crippen LogP contribution in [-0.4, -0.2) is 46.7 Å². The van der Waals surface area contributed by atoms with Crippen LogP contribution in [0, 0.1) is 29.6 Å². The molecule has 5 atom stereocenters. The summed E-state index contributed by atoms with van der Waals surface area (Å²) >= 11 is 0. The van der Waals surface area contributed by atoms with E-state index in [1.54, 1.807) is 4.90 Å². The third-order valence-electron chi connectivity index (χ3n) is 5.12. The first-order valence-corrected chi connectivity index (χ1v) is 7.42. The molecule has 0 aromatic carbocycles. The number of likely N-dealkylation sites (tertiary alicyclic amines) is 1. The smallest absolute Gasteiger partial charge is 0.307 e. The number of carboxylic acid groups (broad SMARTS) is 1. The van der Waals surface area contributed by atoms with Crippen LogP contribution >= 0.6 is 0 Å². The fourth-order valence-corrected chi connectivity index (χ4v) is 4.12. The first kappa shape index (κ1) is 13.6. The molecule has 5 heteroatoms. The van der Waals surface area contributed by atoms with Gasteiger partial charge >= 0.3 is 5.97 Å². The number of piperidine rings is 1. The van der Waals surface area contributed by atoms with Crippen LogP contribution in [0.4, 0.5) is 0 Å². The van der Waals surface area contributed by atoms with Crippen molar-refractivity contribution in [1.29, 1.82) is 0 Å². The standard InChI is InChI=1S/C15H21NO4/c17-8-9-2-1-5-16(7-9)14(18)12-10-3-4-11(6-10)13(12)15(19)20/h3-4,9-13,17H,1-2,5-8H2,(H,19,20)/t9?,10?,11?,12-,13+/m0/s1. The monoisotopic (exact) mass is 279 g/mol. The van der Waals surface area contributed by atoms with Gasteiger partial charge in [-0.05, 0) is 37.0 Å². The molecule has 2 bridgehead atoms. The zero-order chi connectivity index (χ0) is 14.3. The van der Waals surface area contributed by atoms with Crippen molar-refractivity contribution in [3.8, 4) is 0 Å². The number of hydrogen-bond donors (Lipinski definition) is 2. The van der Waals surface area contributed by atoms with Gasteiger partial charge in [-0.1, -0.05) is 12.2 Å². The maximum atomic E-state index is 12.7. The van der Waals surface area contributed by atoms with E-state index in [9.17, 15) is 19.8 Å². The van der Waals surface area contributed by atoms with Gasteiger partial charge < -0.3 is 15.1 Å². The van der Waals surface area contributed by atoms with Crippen LogP contribution in [0.2, 0.25) is 0 Å². The molecule has 0 aromatic rings. The van der Waals surface area contributed by atoms with Gasteiger partial charge in [0.15, 0.2) is 0 Å². The Hall–Kier alpha value is -1.36. The lowest BCUT2D eigenvalue weighted by Crippen LogP contribution is -2.47. The number of aliphatic carboxylic acids is 1. The van der Waals surface area contributed by atoms with E-state index < -0.39 is 17.8 Å². The summed E-state index contributed by atoms with van der Waals surface area (Å²) in [6, 6.07) is 0. The van der Waals surface area contributed by atoms with Crippen LogP contribution in [0.1, 0.15) is 19.3 Å². The first-order chi connectivity index (χ1) is 9.61. The lowest BCUT2D eigenvalue weighted by Gasteiger charge is -2.36. The van der Waals surface area contributed by atoms with Gasteiger partial charge in [0.1, 0.15) is 0 Å². The van der Waals surface area contributed by atoms with E-state index in [1.807, 2.05) is 12.2 Å². The quantitative estimate of drug-likeness (QED) is 0.747. The number of nitrogens with zero attached hydrogens (tertiary/aromatic N) is 1. The summed E-state index contributed by atoms with van der Waals surface area (Å²) in [5, 5.41) is 18.7. The van der Waals surface area contributed by atoms with Gasteiger partial charge in [-0.25, -0.2) is 0 Å². The van der Waals surface area contributed by atoms with Crippen LogP contribution in [0.3, 0.4) is 0 Å². The Bertz CT molecular complexity index is 447. The minimum Gasteiger partial charge on any atom is -0.481 e. The van der Waals surface area contributed by atoms with Gasteiger partial charge in [0, 0.05) is 19.7 Å². The Morgan fingerprint density at radius 2 is 1.90 bits per heavy atom. The second kappa shape index (κ2) is 5.20. The number of allylic oxidation sites excluding steroid dienone is 2. The van der Waals surface area contributed by atoms with Crippen LogP contribution in [0.5, 0.6) is 0 Å². The number of aliphatic hydroxyl groups is 1. The SMILES string of the molecule is O=C(O)[C@@H]1C2C=CC(C2)[C@@H]1C(=O)N1CCCC(CO)C1. The summed E-state index contributed by atoms with van der Waals surface area (Å²) in [4.78, 5) is 26.0. The van der Waals surface area contributed by atoms with Crippen molar-refractivity contribution >= 4 is 11.9 Å². The molecule has 2 fully saturated rings. The number of rotatable bonds is 3. The van der Waals surface area contributed by atoms with E-state index in [-0.39, 0.29) is 30.3 Å². The Labute approximate surface area is 118 Å². The van der Waals surface area contributed by atoms with Gasteiger partial charge in [-0.3, -0.25) is 9.59 Å². The van der Waals surface area contributed by atoms with Gasteiger partial charge in [-0.2, -0.15) is 0 Å². The largest absolute Gasteiger partial charge is 0.481 e. The van der Waals surface area contributed by atoms with E-state index in [1.165, 1.54) is 0 Å². The highest BCUT2D eigenvalue weighted by Gasteiger charge is 2.52. The number of amides is 1. The Morgan fingerprint density at radius 1 is 1.20 bits per heavy atom. The number of hydrogen-bond acceptors (Lipinski definition) is 3. The van der Waals surface area contributed by atoms with Gasteiger partial charge in [0.2, 0.25) is 5.91 Å². The predicted molar refractivity (Wildman–Crippen MR) is 71.7 cm³/mol. The molecule has 0 spiro atoms. The maximum absolute atomic E-state index is 12.7. The topological polar surface area (TPSA) is 77.8 Å². The molecule has 20 heavy (non-hydrogen) atoms. The minimum absolute atomic E-state index is 0.0184. The Morgan fingerprint density at radius 3 is 2.55 bits per heavy atom. The molecule has 2 N–H and O–H groups in total. The highest BCUT2D eigenvalue weighted by Crippen LogP contribution is 2.49. The fraction of sp³-hybridized carbons (Fsp3) is 0.733. The summed E-state index contributed by atoms with van der Waals surface area (Å²) in [6.45, 7) is 1.36. The zero-order valence-corrected chi connectivity index (χ0v) is 11.4. The van der Waals surface area contributed by atoms with E-state index in [0.717, 1.165) is 19.3 Å². The third kappa shape index (κ3) is 2.14. The van der Waals surface area contributed by atoms with Crippen molar-refractivity contribution < 1.29 is 19.8 Å². The summed E-state index contributed by atoms with van der Waals surface area (Å²) in [5.74, 6) is -1.59. The molecule has 1 saturated carbocycles. The molecule has 1 aliphatic heterocycles. The van der Waals surface area contributed by atoms with Crippen LogP contribution < -0.4 is 0 Å². The normalized spacial score (nSPS) is 39.2. The molecule has 0 aromatic heterocycles. The summed E-state index contributed by atoms with van der Waals surface area (Å²) in [5.41, 5.74) is 0. The first-order valence-electron chi connectivity index (χ1n) is 7.42. The van der Waals surface area contributed by atoms with Crippen molar-refractivity contribution in [2.24, 2.45) is 29.6 Å². The Balaban J connectivity index is 1.76. The van der Waals surface area contributed by atoms with Crippen molar-refractivity contribution in [1.82, 2.24) is 4.90 Å². The second-order valence-electron chi connectivity index (χ2n) is 6.31. The van der Waals surface area contributed by atoms with Crippen LogP contribution in [-0.2, 0) is 9.59 Å². The molecule has 3 aliphatic rings. The molecule has 1 amide bonds. The highest BCUT2D eigenvalue weighted by atomic mass is 16.4. The maximum Gasteiger partial charge on any atom is 0.307 e. The summed E-state index contributed by atoms with van der Waals surface area (Å²) < 4.78 is 0. The van der Waals surface area contributed by atoms with E-state index in [2.05, 4.69) is 0 Å². The van der Waals surface area contributed by atoms with Crippen molar-refractivity contribution in [3.05, 3.63) is 12.2 Å². The molecule has 3 unspecified atom stereocenters. The van der Waals surface area contributed by atoms with Crippen molar-refractivity contribution in [3.63, 3.8) is 0 Å². The molecule has 1 heterocycles. The lowest BCUT2D eigenvalue weighted by molar-refractivity contribution is -0.151. The minimum atomic E-state index is -0.851. The molecular weight excluding hydrogens is 258 g/mol. The van der Waals surface area contributed by atoms with Crippen molar-refractivity contribution in [2.75, 3.05) is 19.7 Å². The number of fused-ring (bicyclic) bond motifs is 2. The lowest BCUT2D eigenvalue weighted by atomic mass is 9.81. The zero-order valence-electron chi connectivity index (χ0n) is 11.4. The summed E-state index contributed by atoms with van der Waals surface area (Å²) in [7, 11) is 0. The number of aliphatic hydroxyl groups excluding tert-OH is 1. The molecule has 3 rings (SSSR count). The van der Waals surface area contributed by atoms with Gasteiger partial charge in [0.05, 0.1) is 11.8 Å². The molecule has 110 valence electrons. The Kier molecular flexibility index (Phi) is 3.54. The molecular formula is C15H21NO4. The predicted octanol–water partition coefficient (Wildman–Crippen LogP) is 0.740. The third-order valence-corrected chi connectivity index (χ3v) is 5.12. The number of carbonyl (C=O) groups excluding carboxylic acids is 1. The van der Waals surface area contributed by atoms with Crippen molar-refractivity contribution in [2.45, 2.75) is 19.3 Å². The van der Waals surface area contributed by atoms with E-state index in [4.69, 9.17) is 0 Å². The van der Waals surface area contributed by atoms with Gasteiger partial charge in [0.25, 0.3) is 0 Å².